The van der Waals surface area contributed by atoms with Crippen molar-refractivity contribution in [2.24, 2.45) is 5.92 Å². The number of carboxylic acid groups (broad SMARTS) is 2. The predicted molar refractivity (Wildman–Crippen MR) is 81.1 cm³/mol. The molecule has 0 heterocycles. The van der Waals surface area contributed by atoms with E-state index in [1.807, 2.05) is 0 Å². The van der Waals surface area contributed by atoms with Crippen LogP contribution in [0.4, 0.5) is 4.79 Å². The smallest absolute Gasteiger partial charge is 0.450 e. The minimum absolute atomic E-state index is 0.699. The van der Waals surface area contributed by atoms with Crippen molar-refractivity contribution in [2.75, 3.05) is 0 Å². The second kappa shape index (κ2) is 8.00. The van der Waals surface area contributed by atoms with Gasteiger partial charge in [0.15, 0.2) is 0 Å². The molecule has 0 spiro atoms. The van der Waals surface area contributed by atoms with Gasteiger partial charge in [-0.2, -0.15) is 0 Å². The Balaban J connectivity index is 0.000000444. The summed E-state index contributed by atoms with van der Waals surface area (Å²) < 4.78 is 0. The molecule has 0 aromatic heterocycles. The molecule has 0 aliphatic rings. The molecule has 0 saturated carbocycles. The van der Waals surface area contributed by atoms with E-state index < -0.39 is 6.16 Å². The number of hydrogen-bond donors (Lipinski definition) is 2. The molecule has 2 aromatic rings. The number of benzene rings is 2. The standard InChI is InChI=1S/C16H18.CH2O3/c1-13(2)12-15-10-6-7-11-16(15)14-8-4-3-5-9-14;2-1(3)4/h3-11,13H,12H2,1-2H3;(H2,2,3,4). The van der Waals surface area contributed by atoms with Crippen LogP contribution in [-0.4, -0.2) is 16.4 Å². The van der Waals surface area contributed by atoms with Crippen LogP contribution in [0, 0.1) is 5.92 Å². The third kappa shape index (κ3) is 5.57. The maximum Gasteiger partial charge on any atom is 0.503 e. The average molecular weight is 272 g/mol. The summed E-state index contributed by atoms with van der Waals surface area (Å²) >= 11 is 0. The summed E-state index contributed by atoms with van der Waals surface area (Å²) in [5.41, 5.74) is 4.14. The van der Waals surface area contributed by atoms with Crippen molar-refractivity contribution in [3.05, 3.63) is 60.2 Å². The van der Waals surface area contributed by atoms with Crippen LogP contribution in [-0.2, 0) is 6.42 Å². The molecule has 0 amide bonds. The molecule has 2 aromatic carbocycles. The van der Waals surface area contributed by atoms with Gasteiger partial charge in [-0.3, -0.25) is 0 Å². The molecular formula is C17H20O3. The van der Waals surface area contributed by atoms with Crippen molar-refractivity contribution in [1.82, 2.24) is 0 Å². The molecule has 2 rings (SSSR count). The van der Waals surface area contributed by atoms with Gasteiger partial charge in [0.2, 0.25) is 0 Å². The van der Waals surface area contributed by atoms with E-state index in [0.29, 0.717) is 5.92 Å². The first-order valence-electron chi connectivity index (χ1n) is 6.56. The largest absolute Gasteiger partial charge is 0.503 e. The van der Waals surface area contributed by atoms with Crippen LogP contribution in [0.5, 0.6) is 0 Å². The minimum Gasteiger partial charge on any atom is -0.450 e. The quantitative estimate of drug-likeness (QED) is 0.845. The first-order chi connectivity index (χ1) is 9.50. The number of rotatable bonds is 3. The van der Waals surface area contributed by atoms with Gasteiger partial charge in [-0.05, 0) is 29.0 Å². The van der Waals surface area contributed by atoms with Crippen LogP contribution in [0.2, 0.25) is 0 Å². The lowest BCUT2D eigenvalue weighted by atomic mass is 9.94. The van der Waals surface area contributed by atoms with Crippen molar-refractivity contribution in [3.8, 4) is 11.1 Å². The van der Waals surface area contributed by atoms with Gasteiger partial charge in [0.25, 0.3) is 0 Å². The predicted octanol–water partition coefficient (Wildman–Crippen LogP) is 4.77. The Morgan fingerprint density at radius 3 is 2.00 bits per heavy atom. The molecular weight excluding hydrogens is 252 g/mol. The Morgan fingerprint density at radius 1 is 0.950 bits per heavy atom. The van der Waals surface area contributed by atoms with E-state index in [2.05, 4.69) is 68.4 Å². The van der Waals surface area contributed by atoms with Crippen LogP contribution < -0.4 is 0 Å². The first-order valence-corrected chi connectivity index (χ1v) is 6.56. The molecule has 106 valence electrons. The van der Waals surface area contributed by atoms with Gasteiger partial charge in [-0.25, -0.2) is 4.79 Å². The Bertz CT molecular complexity index is 529. The molecule has 3 heteroatoms. The zero-order valence-electron chi connectivity index (χ0n) is 11.8. The highest BCUT2D eigenvalue weighted by molar-refractivity contribution is 5.67. The zero-order chi connectivity index (χ0) is 15.0. The molecule has 0 unspecified atom stereocenters. The maximum absolute atomic E-state index is 8.56. The Labute approximate surface area is 119 Å². The van der Waals surface area contributed by atoms with Gasteiger partial charge in [0, 0.05) is 0 Å². The summed E-state index contributed by atoms with van der Waals surface area (Å²) in [6.45, 7) is 4.53. The summed E-state index contributed by atoms with van der Waals surface area (Å²) in [6, 6.07) is 19.3. The first kappa shape index (κ1) is 15.8. The van der Waals surface area contributed by atoms with Crippen LogP contribution in [0.25, 0.3) is 11.1 Å². The monoisotopic (exact) mass is 272 g/mol. The van der Waals surface area contributed by atoms with Crippen molar-refractivity contribution in [3.63, 3.8) is 0 Å². The Morgan fingerprint density at radius 2 is 1.45 bits per heavy atom. The van der Waals surface area contributed by atoms with E-state index in [-0.39, 0.29) is 0 Å². The highest BCUT2D eigenvalue weighted by atomic mass is 16.6. The lowest BCUT2D eigenvalue weighted by Crippen LogP contribution is -1.96. The summed E-state index contributed by atoms with van der Waals surface area (Å²) in [5.74, 6) is 0.699. The van der Waals surface area contributed by atoms with Gasteiger partial charge in [-0.15, -0.1) is 0 Å². The van der Waals surface area contributed by atoms with Gasteiger partial charge in [0.05, 0.1) is 0 Å². The topological polar surface area (TPSA) is 57.5 Å². The SMILES string of the molecule is CC(C)Cc1ccccc1-c1ccccc1.O=C(O)O. The van der Waals surface area contributed by atoms with Crippen LogP contribution >= 0.6 is 0 Å². The van der Waals surface area contributed by atoms with Gasteiger partial charge in [0.1, 0.15) is 0 Å². The molecule has 0 aliphatic carbocycles. The molecule has 0 radical (unpaired) electrons. The fraction of sp³-hybridized carbons (Fsp3) is 0.235. The molecule has 0 fully saturated rings. The molecule has 2 N–H and O–H groups in total. The Hall–Kier alpha value is -2.29. The second-order valence-electron chi connectivity index (χ2n) is 4.90. The lowest BCUT2D eigenvalue weighted by Gasteiger charge is -2.11. The summed E-state index contributed by atoms with van der Waals surface area (Å²) in [6.07, 6.45) is -0.689. The van der Waals surface area contributed by atoms with Gasteiger partial charge >= 0.3 is 6.16 Å². The normalized spacial score (nSPS) is 9.75. The third-order valence-electron chi connectivity index (χ3n) is 2.73. The molecule has 0 aliphatic heterocycles. The fourth-order valence-electron chi connectivity index (χ4n) is 2.04. The molecule has 3 nitrogen and oxygen atoms in total. The number of hydrogen-bond acceptors (Lipinski definition) is 1. The second-order valence-corrected chi connectivity index (χ2v) is 4.90. The molecule has 0 atom stereocenters. The Kier molecular flexibility index (Phi) is 6.30. The summed E-state index contributed by atoms with van der Waals surface area (Å²) in [5, 5.41) is 13.9. The molecule has 0 saturated heterocycles. The summed E-state index contributed by atoms with van der Waals surface area (Å²) in [4.78, 5) is 8.56. The fourth-order valence-corrected chi connectivity index (χ4v) is 2.04. The number of carbonyl (C=O) groups is 1. The van der Waals surface area contributed by atoms with Crippen molar-refractivity contribution < 1.29 is 15.0 Å². The molecule has 20 heavy (non-hydrogen) atoms. The molecule has 0 bridgehead atoms. The van der Waals surface area contributed by atoms with E-state index in [1.165, 1.54) is 16.7 Å². The van der Waals surface area contributed by atoms with Crippen LogP contribution in [0.15, 0.2) is 54.6 Å². The van der Waals surface area contributed by atoms with E-state index in [0.717, 1.165) is 6.42 Å². The van der Waals surface area contributed by atoms with E-state index in [9.17, 15) is 0 Å². The third-order valence-corrected chi connectivity index (χ3v) is 2.73. The summed E-state index contributed by atoms with van der Waals surface area (Å²) in [7, 11) is 0. The average Bonchev–Trinajstić information content (AvgIpc) is 2.39. The van der Waals surface area contributed by atoms with E-state index in [4.69, 9.17) is 15.0 Å². The van der Waals surface area contributed by atoms with Crippen LogP contribution in [0.1, 0.15) is 19.4 Å². The van der Waals surface area contributed by atoms with Crippen molar-refractivity contribution in [1.29, 1.82) is 0 Å². The highest BCUT2D eigenvalue weighted by Crippen LogP contribution is 2.25. The van der Waals surface area contributed by atoms with E-state index in [1.54, 1.807) is 0 Å². The van der Waals surface area contributed by atoms with Crippen molar-refractivity contribution in [2.45, 2.75) is 20.3 Å². The zero-order valence-corrected chi connectivity index (χ0v) is 11.8. The van der Waals surface area contributed by atoms with E-state index >= 15 is 0 Å². The van der Waals surface area contributed by atoms with Crippen LogP contribution in [0.3, 0.4) is 0 Å². The lowest BCUT2D eigenvalue weighted by molar-refractivity contribution is 0.137. The highest BCUT2D eigenvalue weighted by Gasteiger charge is 2.05. The van der Waals surface area contributed by atoms with Gasteiger partial charge < -0.3 is 10.2 Å². The van der Waals surface area contributed by atoms with Crippen molar-refractivity contribution >= 4 is 6.16 Å². The maximum atomic E-state index is 8.56. The minimum atomic E-state index is -1.83. The van der Waals surface area contributed by atoms with Gasteiger partial charge in [-0.1, -0.05) is 68.4 Å².